The van der Waals surface area contributed by atoms with Crippen LogP contribution >= 0.6 is 11.6 Å². The number of aryl methyl sites for hydroxylation is 1. The van der Waals surface area contributed by atoms with E-state index in [1.807, 2.05) is 17.0 Å². The largest absolute Gasteiger partial charge is 0.469 e. The molecule has 35 heavy (non-hydrogen) atoms. The van der Waals surface area contributed by atoms with E-state index < -0.39 is 9.84 Å². The molecule has 0 spiro atoms. The summed E-state index contributed by atoms with van der Waals surface area (Å²) in [5, 5.41) is 3.77. The zero-order valence-electron chi connectivity index (χ0n) is 19.1. The summed E-state index contributed by atoms with van der Waals surface area (Å²) in [6, 6.07) is 10.9. The zero-order valence-corrected chi connectivity index (χ0v) is 20.6. The summed E-state index contributed by atoms with van der Waals surface area (Å²) in [6.07, 6.45) is 2.91. The van der Waals surface area contributed by atoms with Gasteiger partial charge < -0.3 is 15.0 Å². The highest BCUT2D eigenvalue weighted by Crippen LogP contribution is 2.36. The maximum atomic E-state index is 12.9. The second-order valence-corrected chi connectivity index (χ2v) is 11.1. The summed E-state index contributed by atoms with van der Waals surface area (Å²) in [6.45, 7) is 1.36. The molecule has 0 saturated carbocycles. The van der Waals surface area contributed by atoms with E-state index in [2.05, 4.69) is 20.3 Å². The zero-order chi connectivity index (χ0) is 24.6. The van der Waals surface area contributed by atoms with Crippen molar-refractivity contribution < 1.29 is 17.9 Å². The number of carbonyl (C=O) groups is 1. The normalized spacial score (nSPS) is 16.8. The van der Waals surface area contributed by atoms with Gasteiger partial charge in [-0.25, -0.2) is 13.4 Å². The van der Waals surface area contributed by atoms with Crippen molar-refractivity contribution in [1.82, 2.24) is 15.0 Å². The molecule has 2 aliphatic rings. The Morgan fingerprint density at radius 2 is 1.94 bits per heavy atom. The SMILES string of the molecule is COC(=O)Cc1ccc(Nc2nc(N3CC(c4ccc(Cl)cn4)C3)nc3c2S(=O)(=O)CCC3)cc1. The van der Waals surface area contributed by atoms with E-state index in [1.54, 1.807) is 30.5 Å². The number of hydrogen-bond donors (Lipinski definition) is 1. The number of hydrogen-bond acceptors (Lipinski definition) is 9. The van der Waals surface area contributed by atoms with Crippen molar-refractivity contribution in [2.75, 3.05) is 36.2 Å². The molecule has 1 saturated heterocycles. The lowest BCUT2D eigenvalue weighted by atomic mass is 9.96. The van der Waals surface area contributed by atoms with E-state index >= 15 is 0 Å². The van der Waals surface area contributed by atoms with Crippen molar-refractivity contribution in [3.8, 4) is 0 Å². The number of methoxy groups -OCH3 is 1. The minimum Gasteiger partial charge on any atom is -0.469 e. The van der Waals surface area contributed by atoms with E-state index in [1.165, 1.54) is 7.11 Å². The summed E-state index contributed by atoms with van der Waals surface area (Å²) in [5.41, 5.74) is 2.96. The number of nitrogens with one attached hydrogen (secondary N) is 1. The minimum atomic E-state index is -3.50. The average Bonchev–Trinajstić information content (AvgIpc) is 2.80. The van der Waals surface area contributed by atoms with Crippen molar-refractivity contribution in [1.29, 1.82) is 0 Å². The first-order valence-electron chi connectivity index (χ1n) is 11.3. The summed E-state index contributed by atoms with van der Waals surface area (Å²) >= 11 is 5.94. The number of sulfone groups is 1. The first kappa shape index (κ1) is 23.5. The molecule has 5 rings (SSSR count). The maximum absolute atomic E-state index is 12.9. The van der Waals surface area contributed by atoms with Gasteiger partial charge in [0.05, 0.1) is 30.0 Å². The van der Waals surface area contributed by atoms with E-state index in [4.69, 9.17) is 16.3 Å². The molecule has 9 nitrogen and oxygen atoms in total. The van der Waals surface area contributed by atoms with Crippen molar-refractivity contribution >= 4 is 44.9 Å². The fraction of sp³-hybridized carbons (Fsp3) is 0.333. The van der Waals surface area contributed by atoms with Crippen LogP contribution in [0.2, 0.25) is 5.02 Å². The predicted octanol–water partition coefficient (Wildman–Crippen LogP) is 3.31. The van der Waals surface area contributed by atoms with Gasteiger partial charge in [0.1, 0.15) is 4.90 Å². The van der Waals surface area contributed by atoms with E-state index in [-0.39, 0.29) is 34.8 Å². The molecule has 1 aromatic carbocycles. The number of rotatable bonds is 6. The van der Waals surface area contributed by atoms with E-state index in [0.717, 1.165) is 11.3 Å². The first-order valence-corrected chi connectivity index (χ1v) is 13.3. The molecule has 0 aliphatic carbocycles. The highest BCUT2D eigenvalue weighted by Gasteiger charge is 2.35. The van der Waals surface area contributed by atoms with Gasteiger partial charge in [0.15, 0.2) is 15.7 Å². The second-order valence-electron chi connectivity index (χ2n) is 8.65. The molecule has 3 aromatic rings. The number of anilines is 3. The van der Waals surface area contributed by atoms with Crippen LogP contribution in [0, 0.1) is 0 Å². The molecule has 4 heterocycles. The molecular weight excluding hydrogens is 490 g/mol. The van der Waals surface area contributed by atoms with Gasteiger partial charge in [0, 0.05) is 36.6 Å². The molecular formula is C24H24ClN5O4S. The van der Waals surface area contributed by atoms with Crippen LogP contribution < -0.4 is 10.2 Å². The van der Waals surface area contributed by atoms with Gasteiger partial charge in [-0.1, -0.05) is 23.7 Å². The van der Waals surface area contributed by atoms with Crippen LogP contribution in [0.5, 0.6) is 0 Å². The quantitative estimate of drug-likeness (QED) is 0.495. The van der Waals surface area contributed by atoms with Crippen molar-refractivity contribution in [2.24, 2.45) is 0 Å². The average molecular weight is 514 g/mol. The van der Waals surface area contributed by atoms with Gasteiger partial charge in [-0.05, 0) is 42.7 Å². The van der Waals surface area contributed by atoms with Crippen LogP contribution in [-0.2, 0) is 32.2 Å². The van der Waals surface area contributed by atoms with Crippen molar-refractivity contribution in [3.63, 3.8) is 0 Å². The molecule has 1 N–H and O–H groups in total. The number of carbonyl (C=O) groups excluding carboxylic acids is 1. The Bertz CT molecular complexity index is 1360. The number of esters is 1. The highest BCUT2D eigenvalue weighted by atomic mass is 35.5. The Kier molecular flexibility index (Phi) is 6.33. The number of pyridine rings is 1. The Balaban J connectivity index is 1.41. The smallest absolute Gasteiger partial charge is 0.309 e. The van der Waals surface area contributed by atoms with Gasteiger partial charge in [-0.2, -0.15) is 4.98 Å². The number of aromatic nitrogens is 3. The van der Waals surface area contributed by atoms with Crippen LogP contribution in [0.1, 0.15) is 29.3 Å². The van der Waals surface area contributed by atoms with Gasteiger partial charge in [0.2, 0.25) is 5.95 Å². The summed E-state index contributed by atoms with van der Waals surface area (Å²) in [5.74, 6) is 0.750. The molecule has 182 valence electrons. The maximum Gasteiger partial charge on any atom is 0.309 e. The highest BCUT2D eigenvalue weighted by molar-refractivity contribution is 7.91. The minimum absolute atomic E-state index is 0.0729. The number of fused-ring (bicyclic) bond motifs is 1. The monoisotopic (exact) mass is 513 g/mol. The van der Waals surface area contributed by atoms with Crippen LogP contribution in [0.3, 0.4) is 0 Å². The lowest BCUT2D eigenvalue weighted by Gasteiger charge is -2.39. The van der Waals surface area contributed by atoms with Gasteiger partial charge in [0.25, 0.3) is 0 Å². The molecule has 0 amide bonds. The van der Waals surface area contributed by atoms with Crippen LogP contribution in [0.15, 0.2) is 47.5 Å². The first-order chi connectivity index (χ1) is 16.8. The molecule has 0 atom stereocenters. The Morgan fingerprint density at radius 3 is 2.63 bits per heavy atom. The summed E-state index contributed by atoms with van der Waals surface area (Å²) in [7, 11) is -2.15. The van der Waals surface area contributed by atoms with Crippen LogP contribution in [0.25, 0.3) is 0 Å². The molecule has 1 fully saturated rings. The van der Waals surface area contributed by atoms with Gasteiger partial charge in [-0.15, -0.1) is 0 Å². The topological polar surface area (TPSA) is 114 Å². The van der Waals surface area contributed by atoms with Crippen LogP contribution in [-0.4, -0.2) is 55.3 Å². The number of benzene rings is 1. The van der Waals surface area contributed by atoms with E-state index in [9.17, 15) is 13.2 Å². The fourth-order valence-corrected chi connectivity index (χ4v) is 6.02. The molecule has 0 bridgehead atoms. The third-order valence-corrected chi connectivity index (χ3v) is 8.29. The van der Waals surface area contributed by atoms with E-state index in [0.29, 0.717) is 48.3 Å². The predicted molar refractivity (Wildman–Crippen MR) is 132 cm³/mol. The lowest BCUT2D eigenvalue weighted by Crippen LogP contribution is -2.46. The second kappa shape index (κ2) is 9.43. The molecule has 0 radical (unpaired) electrons. The van der Waals surface area contributed by atoms with Gasteiger partial charge in [-0.3, -0.25) is 9.78 Å². The fourth-order valence-electron chi connectivity index (χ4n) is 4.28. The molecule has 0 unspecified atom stereocenters. The Hall–Kier alpha value is -3.24. The summed E-state index contributed by atoms with van der Waals surface area (Å²) < 4.78 is 30.5. The molecule has 11 heteroatoms. The van der Waals surface area contributed by atoms with Gasteiger partial charge >= 0.3 is 5.97 Å². The van der Waals surface area contributed by atoms with Crippen molar-refractivity contribution in [2.45, 2.75) is 30.1 Å². The Morgan fingerprint density at radius 1 is 1.17 bits per heavy atom. The Labute approximate surface area is 208 Å². The third kappa shape index (κ3) is 4.94. The molecule has 2 aromatic heterocycles. The van der Waals surface area contributed by atoms with Crippen LogP contribution in [0.4, 0.5) is 17.5 Å². The number of nitrogens with zero attached hydrogens (tertiary/aromatic N) is 4. The third-order valence-electron chi connectivity index (χ3n) is 6.19. The van der Waals surface area contributed by atoms with Crippen molar-refractivity contribution in [3.05, 3.63) is 64.6 Å². The number of ether oxygens (including phenoxy) is 1. The standard InChI is InChI=1S/C24H24ClN5O4S/c1-34-21(31)11-15-4-7-18(8-5-15)27-23-22-20(3-2-10-35(22,32)33)28-24(29-23)30-13-16(14-30)19-9-6-17(25)12-26-19/h4-9,12,16H,2-3,10-11,13-14H2,1H3,(H,27,28,29). The molecule has 2 aliphatic heterocycles. The number of halogens is 1. The lowest BCUT2D eigenvalue weighted by molar-refractivity contribution is -0.139. The summed E-state index contributed by atoms with van der Waals surface area (Å²) in [4.78, 5) is 27.4.